The summed E-state index contributed by atoms with van der Waals surface area (Å²) in [5.41, 5.74) is 3.25. The van der Waals surface area contributed by atoms with Gasteiger partial charge in [0, 0.05) is 4.90 Å². The molecule has 234 valence electrons. The topological polar surface area (TPSA) is 79.1 Å². The van der Waals surface area contributed by atoms with Gasteiger partial charge in [0.05, 0.1) is 40.0 Å². The molecule has 46 heavy (non-hydrogen) atoms. The second-order valence-corrected chi connectivity index (χ2v) is 13.3. The smallest absolute Gasteiger partial charge is 0.338 e. The first-order chi connectivity index (χ1) is 22.3. The summed E-state index contributed by atoms with van der Waals surface area (Å²) in [5, 5.41) is 2.28. The van der Waals surface area contributed by atoms with E-state index < -0.39 is 12.0 Å². The van der Waals surface area contributed by atoms with Crippen LogP contribution in [0.1, 0.15) is 36.6 Å². The Kier molecular flexibility index (Phi) is 9.49. The summed E-state index contributed by atoms with van der Waals surface area (Å²) >= 11 is 6.57. The zero-order valence-corrected chi connectivity index (χ0v) is 28.9. The number of allylic oxidation sites excluding steroid dienone is 1. The molecule has 10 heteroatoms. The minimum absolute atomic E-state index is 0.219. The third-order valence-electron chi connectivity index (χ3n) is 7.75. The first-order valence-corrected chi connectivity index (χ1v) is 17.5. The Morgan fingerprint density at radius 1 is 1.09 bits per heavy atom. The lowest BCUT2D eigenvalue weighted by molar-refractivity contribution is -0.139. The maximum absolute atomic E-state index is 14.1. The van der Waals surface area contributed by atoms with Gasteiger partial charge >= 0.3 is 5.97 Å². The van der Waals surface area contributed by atoms with E-state index in [-0.39, 0.29) is 12.2 Å². The van der Waals surface area contributed by atoms with Gasteiger partial charge < -0.3 is 14.2 Å². The fourth-order valence-corrected chi connectivity index (χ4v) is 7.60. The highest BCUT2D eigenvalue weighted by molar-refractivity contribution is 9.10. The normalized spacial score (nSPS) is 14.6. The van der Waals surface area contributed by atoms with Crippen LogP contribution in [0, 0.1) is 0 Å². The molecule has 0 bridgehead atoms. The molecule has 4 aromatic carbocycles. The number of hydrogen-bond acceptors (Lipinski definition) is 8. The van der Waals surface area contributed by atoms with Crippen LogP contribution < -0.4 is 24.4 Å². The van der Waals surface area contributed by atoms with Crippen LogP contribution in [-0.2, 0) is 16.1 Å². The van der Waals surface area contributed by atoms with E-state index in [2.05, 4.69) is 45.2 Å². The number of methoxy groups -OCH3 is 1. The molecule has 2 heterocycles. The number of halogens is 1. The molecule has 1 atom stereocenters. The van der Waals surface area contributed by atoms with E-state index in [1.807, 2.05) is 66.9 Å². The number of esters is 1. The monoisotopic (exact) mass is 714 g/mol. The van der Waals surface area contributed by atoms with Crippen molar-refractivity contribution < 1.29 is 19.0 Å². The first-order valence-electron chi connectivity index (χ1n) is 14.6. The van der Waals surface area contributed by atoms with Crippen molar-refractivity contribution in [2.24, 2.45) is 4.99 Å². The molecule has 0 radical (unpaired) electrons. The van der Waals surface area contributed by atoms with Crippen LogP contribution in [0.2, 0.25) is 0 Å². The second-order valence-electron chi connectivity index (χ2n) is 10.5. The molecule has 1 aliphatic heterocycles. The van der Waals surface area contributed by atoms with E-state index in [1.165, 1.54) is 11.3 Å². The molecule has 0 fully saturated rings. The second kappa shape index (κ2) is 13.7. The average molecular weight is 716 g/mol. The van der Waals surface area contributed by atoms with Crippen LogP contribution in [-0.4, -0.2) is 30.5 Å². The number of rotatable bonds is 9. The van der Waals surface area contributed by atoms with Crippen molar-refractivity contribution in [3.8, 4) is 11.5 Å². The molecule has 5 aromatic rings. The molecule has 0 unspecified atom stereocenters. The van der Waals surface area contributed by atoms with Crippen molar-refractivity contribution in [3.05, 3.63) is 131 Å². The number of aromatic nitrogens is 1. The van der Waals surface area contributed by atoms with Crippen molar-refractivity contribution in [2.75, 3.05) is 20.0 Å². The zero-order valence-electron chi connectivity index (χ0n) is 25.7. The molecule has 1 aliphatic rings. The number of carbonyl (C=O) groups excluding carboxylic acids is 1. The molecule has 1 aromatic heterocycles. The maximum Gasteiger partial charge on any atom is 0.338 e. The molecule has 0 aliphatic carbocycles. The van der Waals surface area contributed by atoms with E-state index >= 15 is 0 Å². The van der Waals surface area contributed by atoms with Gasteiger partial charge in [-0.25, -0.2) is 9.79 Å². The van der Waals surface area contributed by atoms with Crippen molar-refractivity contribution in [2.45, 2.75) is 31.4 Å². The standard InChI is InChI=1S/C36H31BrN2O5S2/c1-5-43-35(41)31-21(2)38-36-39(32(31)24-13-15-26(45-4)16-14-24)34(40)30(46-36)19-22-17-28(37)33(29(18-22)42-3)44-20-25-11-8-10-23-9-6-7-12-27(23)25/h6-19,32H,5,20H2,1-4H3/b30-19-/t32-/m1/s1. The highest BCUT2D eigenvalue weighted by atomic mass is 79.9. The van der Waals surface area contributed by atoms with E-state index in [4.69, 9.17) is 14.2 Å². The number of thiazole rings is 1. The molecular weight excluding hydrogens is 684 g/mol. The van der Waals surface area contributed by atoms with Gasteiger partial charge in [-0.2, -0.15) is 0 Å². The Hall–Kier alpha value is -4.12. The van der Waals surface area contributed by atoms with E-state index in [1.54, 1.807) is 37.3 Å². The first kappa shape index (κ1) is 31.8. The lowest BCUT2D eigenvalue weighted by Crippen LogP contribution is -2.39. The van der Waals surface area contributed by atoms with Crippen LogP contribution in [0.4, 0.5) is 0 Å². The Balaban J connectivity index is 1.39. The van der Waals surface area contributed by atoms with Crippen LogP contribution in [0.5, 0.6) is 11.5 Å². The maximum atomic E-state index is 14.1. The molecular formula is C36H31BrN2O5S2. The number of ether oxygens (including phenoxy) is 3. The fraction of sp³-hybridized carbons (Fsp3) is 0.194. The van der Waals surface area contributed by atoms with E-state index in [9.17, 15) is 9.59 Å². The quantitative estimate of drug-likeness (QED) is 0.121. The third-order valence-corrected chi connectivity index (χ3v) is 10.1. The highest BCUT2D eigenvalue weighted by Gasteiger charge is 2.33. The number of benzene rings is 4. The molecule has 0 amide bonds. The number of fused-ring (bicyclic) bond motifs is 2. The van der Waals surface area contributed by atoms with Crippen molar-refractivity contribution >= 4 is 61.8 Å². The summed E-state index contributed by atoms with van der Waals surface area (Å²) < 4.78 is 20.2. The molecule has 0 N–H and O–H groups in total. The van der Waals surface area contributed by atoms with Crippen LogP contribution in [0.25, 0.3) is 16.8 Å². The summed E-state index contributed by atoms with van der Waals surface area (Å²) in [6, 6.07) is 25.3. The predicted octanol–water partition coefficient (Wildman–Crippen LogP) is 7.02. The lowest BCUT2D eigenvalue weighted by Gasteiger charge is -2.24. The Morgan fingerprint density at radius 2 is 1.85 bits per heavy atom. The third kappa shape index (κ3) is 6.17. The van der Waals surface area contributed by atoms with E-state index in [0.29, 0.717) is 43.2 Å². The number of carbonyl (C=O) groups is 1. The summed E-state index contributed by atoms with van der Waals surface area (Å²) in [6.45, 7) is 4.12. The minimum atomic E-state index is -0.667. The van der Waals surface area contributed by atoms with Crippen LogP contribution in [0.15, 0.2) is 109 Å². The van der Waals surface area contributed by atoms with Gasteiger partial charge in [0.25, 0.3) is 5.56 Å². The van der Waals surface area contributed by atoms with Gasteiger partial charge in [-0.15, -0.1) is 11.8 Å². The van der Waals surface area contributed by atoms with Gasteiger partial charge in [0.2, 0.25) is 0 Å². The Morgan fingerprint density at radius 3 is 2.59 bits per heavy atom. The Labute approximate surface area is 283 Å². The minimum Gasteiger partial charge on any atom is -0.493 e. The van der Waals surface area contributed by atoms with Gasteiger partial charge in [0.1, 0.15) is 6.61 Å². The zero-order chi connectivity index (χ0) is 32.4. The number of hydrogen-bond donors (Lipinski definition) is 0. The Bertz CT molecular complexity index is 2160. The number of thioether (sulfide) groups is 1. The van der Waals surface area contributed by atoms with Crippen molar-refractivity contribution in [3.63, 3.8) is 0 Å². The number of nitrogens with zero attached hydrogens (tertiary/aromatic N) is 2. The highest BCUT2D eigenvalue weighted by Crippen LogP contribution is 2.38. The largest absolute Gasteiger partial charge is 0.493 e. The molecule has 0 saturated heterocycles. The van der Waals surface area contributed by atoms with Gasteiger partial charge in [-0.3, -0.25) is 9.36 Å². The van der Waals surface area contributed by atoms with Gasteiger partial charge in [-0.05, 0) is 93.8 Å². The van der Waals surface area contributed by atoms with Crippen molar-refractivity contribution in [1.29, 1.82) is 0 Å². The SMILES string of the molecule is CCOC(=O)C1=C(C)N=c2s/c(=C\c3cc(Br)c(OCc4cccc5ccccc45)c(OC)c3)c(=O)n2[C@@H]1c1ccc(SC)cc1. The molecule has 7 nitrogen and oxygen atoms in total. The van der Waals surface area contributed by atoms with Crippen LogP contribution >= 0.6 is 39.0 Å². The van der Waals surface area contributed by atoms with Crippen LogP contribution in [0.3, 0.4) is 0 Å². The summed E-state index contributed by atoms with van der Waals surface area (Å²) in [6.07, 6.45) is 3.81. The molecule has 0 spiro atoms. The van der Waals surface area contributed by atoms with Crippen molar-refractivity contribution in [1.82, 2.24) is 4.57 Å². The summed E-state index contributed by atoms with van der Waals surface area (Å²) in [4.78, 5) is 33.5. The lowest BCUT2D eigenvalue weighted by atomic mass is 9.96. The molecule has 6 rings (SSSR count). The summed E-state index contributed by atoms with van der Waals surface area (Å²) in [5.74, 6) is 0.614. The average Bonchev–Trinajstić information content (AvgIpc) is 3.36. The van der Waals surface area contributed by atoms with Gasteiger partial charge in [-0.1, -0.05) is 65.9 Å². The van der Waals surface area contributed by atoms with E-state index in [0.717, 1.165) is 32.4 Å². The fourth-order valence-electron chi connectivity index (χ4n) is 5.58. The molecule has 0 saturated carbocycles. The van der Waals surface area contributed by atoms with Gasteiger partial charge in [0.15, 0.2) is 16.3 Å². The predicted molar refractivity (Wildman–Crippen MR) is 188 cm³/mol. The summed E-state index contributed by atoms with van der Waals surface area (Å²) in [7, 11) is 1.59.